The van der Waals surface area contributed by atoms with Gasteiger partial charge in [0.25, 0.3) is 5.56 Å². The summed E-state index contributed by atoms with van der Waals surface area (Å²) in [5.74, 6) is 0. The molecule has 42 heavy (non-hydrogen) atoms. The third-order valence-electron chi connectivity index (χ3n) is 8.53. The van der Waals surface area contributed by atoms with E-state index < -0.39 is 0 Å². The number of nitrogens with zero attached hydrogens (tertiary/aromatic N) is 4. The third kappa shape index (κ3) is 11.0. The van der Waals surface area contributed by atoms with E-state index in [1.54, 1.807) is 10.9 Å². The van der Waals surface area contributed by atoms with Gasteiger partial charge in [-0.25, -0.2) is 9.67 Å². The lowest BCUT2D eigenvalue weighted by Gasteiger charge is -2.29. The van der Waals surface area contributed by atoms with Crippen LogP contribution in [0.15, 0.2) is 64.4 Å². The average molecular weight is 640 g/mol. The number of unbranched alkanes of at least 4 members (excludes halogenated alkanes) is 13. The van der Waals surface area contributed by atoms with E-state index >= 15 is 0 Å². The first kappa shape index (κ1) is 35.8. The second kappa shape index (κ2) is 19.0. The summed E-state index contributed by atoms with van der Waals surface area (Å²) in [4.78, 5) is 17.7. The van der Waals surface area contributed by atoms with Crippen LogP contribution in [0.2, 0.25) is 0 Å². The molecule has 1 heterocycles. The van der Waals surface area contributed by atoms with Gasteiger partial charge in [0.15, 0.2) is 5.69 Å². The van der Waals surface area contributed by atoms with Crippen molar-refractivity contribution in [2.75, 3.05) is 20.6 Å². The first-order valence-electron chi connectivity index (χ1n) is 16.2. The first-order valence-corrected chi connectivity index (χ1v) is 16.2. The van der Waals surface area contributed by atoms with E-state index in [-0.39, 0.29) is 22.5 Å². The molecular weight excluding hydrogens is 584 g/mol. The molecule has 0 aliphatic heterocycles. The Bertz CT molecular complexity index is 1240. The van der Waals surface area contributed by atoms with Gasteiger partial charge in [-0.05, 0) is 61.7 Å². The number of hydrogen-bond acceptors (Lipinski definition) is 2. The van der Waals surface area contributed by atoms with Crippen molar-refractivity contribution in [3.63, 3.8) is 0 Å². The summed E-state index contributed by atoms with van der Waals surface area (Å²) in [6.45, 7) is 5.37. The zero-order valence-corrected chi connectivity index (χ0v) is 28.5. The summed E-state index contributed by atoms with van der Waals surface area (Å²) >= 11 is 0. The predicted octanol–water partition coefficient (Wildman–Crippen LogP) is 6.29. The molecule has 0 amide bonds. The quantitative estimate of drug-likeness (QED) is 0.0864. The van der Waals surface area contributed by atoms with Gasteiger partial charge in [0.2, 0.25) is 0 Å². The van der Waals surface area contributed by atoms with Crippen molar-refractivity contribution < 1.29 is 17.0 Å². The topological polar surface area (TPSA) is 39.3 Å². The number of aromatic nitrogens is 2. The molecule has 3 aromatic rings. The Balaban J connectivity index is 0.00000616. The molecule has 2 aromatic carbocycles. The van der Waals surface area contributed by atoms with Crippen molar-refractivity contribution in [1.29, 1.82) is 0 Å². The number of halogens is 1. The smallest absolute Gasteiger partial charge is 0.297 e. The average Bonchev–Trinajstić information content (AvgIpc) is 3.19. The lowest BCUT2D eigenvalue weighted by Crippen LogP contribution is -3.00. The van der Waals surface area contributed by atoms with Crippen LogP contribution in [-0.4, -0.2) is 36.2 Å². The molecule has 0 atom stereocenters. The maximum atomic E-state index is 13.1. The lowest BCUT2D eigenvalue weighted by atomic mass is 10.0. The summed E-state index contributed by atoms with van der Waals surface area (Å²) in [5.41, 5.74) is 4.37. The van der Waals surface area contributed by atoms with E-state index in [0.29, 0.717) is 5.69 Å². The zero-order valence-electron chi connectivity index (χ0n) is 27.0. The van der Waals surface area contributed by atoms with Crippen LogP contribution in [0.25, 0.3) is 5.69 Å². The number of quaternary nitrogens is 1. The highest BCUT2D eigenvalue weighted by Gasteiger charge is 2.18. The molecule has 0 N–H and O–H groups in total. The highest BCUT2D eigenvalue weighted by molar-refractivity contribution is 5.82. The molecule has 0 spiro atoms. The van der Waals surface area contributed by atoms with Crippen molar-refractivity contribution in [3.8, 4) is 5.69 Å². The van der Waals surface area contributed by atoms with Gasteiger partial charge in [0, 0.05) is 13.3 Å². The lowest BCUT2D eigenvalue weighted by molar-refractivity contribution is -0.00000894. The van der Waals surface area contributed by atoms with Crippen LogP contribution < -0.4 is 27.0 Å². The molecule has 3 rings (SSSR count). The Labute approximate surface area is 266 Å². The fraction of sp³-hybridized carbons (Fsp3) is 0.556. The van der Waals surface area contributed by atoms with E-state index in [0.717, 1.165) is 28.0 Å². The molecule has 5 nitrogen and oxygen atoms in total. The fourth-order valence-electron chi connectivity index (χ4n) is 5.64. The molecule has 1 aromatic heterocycles. The third-order valence-corrected chi connectivity index (χ3v) is 8.53. The number of rotatable bonds is 19. The van der Waals surface area contributed by atoms with Gasteiger partial charge in [-0.3, -0.25) is 14.0 Å². The van der Waals surface area contributed by atoms with Gasteiger partial charge in [-0.2, -0.15) is 0 Å². The van der Waals surface area contributed by atoms with Gasteiger partial charge in [-0.15, -0.1) is 0 Å². The van der Waals surface area contributed by atoms with Crippen LogP contribution in [0.1, 0.15) is 108 Å². The second-order valence-corrected chi connectivity index (χ2v) is 12.3. The fourth-order valence-corrected chi connectivity index (χ4v) is 5.64. The van der Waals surface area contributed by atoms with E-state index in [1.165, 1.54) is 95.6 Å². The van der Waals surface area contributed by atoms with Gasteiger partial charge >= 0.3 is 0 Å². The zero-order chi connectivity index (χ0) is 29.5. The Morgan fingerprint density at radius 2 is 1.24 bits per heavy atom. The van der Waals surface area contributed by atoms with E-state index in [2.05, 4.69) is 50.3 Å². The van der Waals surface area contributed by atoms with Crippen LogP contribution >= 0.6 is 0 Å². The number of aliphatic imine (C=N–C) groups is 1. The first-order chi connectivity index (χ1) is 19.8. The minimum atomic E-state index is -0.102. The molecule has 232 valence electrons. The Hall–Kier alpha value is -2.44. The maximum absolute atomic E-state index is 13.1. The van der Waals surface area contributed by atoms with Crippen molar-refractivity contribution in [2.24, 2.45) is 12.0 Å². The van der Waals surface area contributed by atoms with E-state index in [4.69, 9.17) is 0 Å². The highest BCUT2D eigenvalue weighted by atomic mass is 79.9. The Morgan fingerprint density at radius 1 is 0.738 bits per heavy atom. The second-order valence-electron chi connectivity index (χ2n) is 12.3. The minimum Gasteiger partial charge on any atom is -1.00 e. The Morgan fingerprint density at radius 3 is 1.76 bits per heavy atom. The van der Waals surface area contributed by atoms with Crippen LogP contribution in [0.4, 0.5) is 11.4 Å². The van der Waals surface area contributed by atoms with E-state index in [9.17, 15) is 4.79 Å². The van der Waals surface area contributed by atoms with Gasteiger partial charge in [0.1, 0.15) is 5.69 Å². The largest absolute Gasteiger partial charge is 1.00 e. The molecule has 0 saturated heterocycles. The molecule has 0 saturated carbocycles. The summed E-state index contributed by atoms with van der Waals surface area (Å²) in [7, 11) is 6.49. The van der Waals surface area contributed by atoms with Crippen molar-refractivity contribution in [2.45, 2.75) is 104 Å². The van der Waals surface area contributed by atoms with Gasteiger partial charge in [-0.1, -0.05) is 102 Å². The summed E-state index contributed by atoms with van der Waals surface area (Å²) in [5, 5.41) is 0. The molecule has 0 aliphatic carbocycles. The van der Waals surface area contributed by atoms with Crippen LogP contribution in [0.3, 0.4) is 0 Å². The van der Waals surface area contributed by atoms with Crippen molar-refractivity contribution >= 4 is 17.6 Å². The minimum absolute atomic E-state index is 0. The van der Waals surface area contributed by atoms with E-state index in [1.807, 2.05) is 49.0 Å². The standard InChI is InChI=1S/C36H55N4O.BrH/c1-6-7-8-9-10-11-12-13-14-15-16-17-18-22-29-40(4,5)34-27-25-32(26-28-34)30-37-35-31(2)38(3)39(36(35)41)33-23-20-19-21-24-33;/h19-21,23-28,30H,6-18,22,29H2,1-5H3;1H/q+1;/p-1. The summed E-state index contributed by atoms with van der Waals surface area (Å²) in [6.07, 6.45) is 21.3. The molecule has 0 radical (unpaired) electrons. The highest BCUT2D eigenvalue weighted by Crippen LogP contribution is 2.22. The Kier molecular flexibility index (Phi) is 16.1. The molecule has 0 unspecified atom stereocenters. The summed E-state index contributed by atoms with van der Waals surface area (Å²) < 4.78 is 4.42. The molecule has 6 heteroatoms. The van der Waals surface area contributed by atoms with Crippen molar-refractivity contribution in [3.05, 3.63) is 76.2 Å². The van der Waals surface area contributed by atoms with Gasteiger partial charge < -0.3 is 17.0 Å². The monoisotopic (exact) mass is 638 g/mol. The molecule has 0 bridgehead atoms. The van der Waals surface area contributed by atoms with Crippen LogP contribution in [-0.2, 0) is 7.05 Å². The summed E-state index contributed by atoms with van der Waals surface area (Å²) in [6, 6.07) is 18.3. The SMILES string of the molecule is CCCCCCCCCCCCCCCC[N+](C)(C)c1ccc(C=Nc2c(C)n(C)n(-c3ccccc3)c2=O)cc1.[Br-]. The number of para-hydroxylation sites is 1. The number of hydrogen-bond donors (Lipinski definition) is 0. The maximum Gasteiger partial charge on any atom is 0.297 e. The molecule has 0 aliphatic rings. The molecular formula is C36H55BrN4O. The number of benzene rings is 2. The predicted molar refractivity (Wildman–Crippen MR) is 178 cm³/mol. The van der Waals surface area contributed by atoms with Gasteiger partial charge in [0.05, 0.1) is 32.0 Å². The van der Waals surface area contributed by atoms with Crippen molar-refractivity contribution in [1.82, 2.24) is 13.8 Å². The normalized spacial score (nSPS) is 11.7. The van der Waals surface area contributed by atoms with Crippen LogP contribution in [0, 0.1) is 6.92 Å². The van der Waals surface area contributed by atoms with Crippen LogP contribution in [0.5, 0.6) is 0 Å². The molecule has 0 fully saturated rings.